The Kier molecular flexibility index (Phi) is 5.31. The molecule has 1 rings (SSSR count). The molecule has 0 aliphatic carbocycles. The monoisotopic (exact) mass is 228 g/mol. The van der Waals surface area contributed by atoms with Crippen molar-refractivity contribution in [1.29, 1.82) is 0 Å². The van der Waals surface area contributed by atoms with Gasteiger partial charge in [0.15, 0.2) is 6.29 Å². The van der Waals surface area contributed by atoms with Crippen molar-refractivity contribution >= 4 is 0 Å². The van der Waals surface area contributed by atoms with Crippen LogP contribution in [0.25, 0.3) is 0 Å². The van der Waals surface area contributed by atoms with Gasteiger partial charge in [0.05, 0.1) is 12.2 Å². The van der Waals surface area contributed by atoms with Gasteiger partial charge >= 0.3 is 0 Å². The Bertz CT molecular complexity index is 319. The lowest BCUT2D eigenvalue weighted by atomic mass is 10.1. The molecule has 0 saturated carbocycles. The SMILES string of the molecule is CCNC(c1ccncc1F)C(OC)OC. The van der Waals surface area contributed by atoms with Crippen molar-refractivity contribution in [2.24, 2.45) is 0 Å². The first kappa shape index (κ1) is 13.0. The summed E-state index contributed by atoms with van der Waals surface area (Å²) in [5.41, 5.74) is 0.491. The highest BCUT2D eigenvalue weighted by Crippen LogP contribution is 2.21. The predicted molar refractivity (Wildman–Crippen MR) is 58.4 cm³/mol. The molecule has 0 amide bonds. The molecule has 90 valence electrons. The molecular weight excluding hydrogens is 211 g/mol. The Balaban J connectivity index is 2.97. The summed E-state index contributed by atoms with van der Waals surface area (Å²) in [7, 11) is 3.05. The smallest absolute Gasteiger partial charge is 0.176 e. The van der Waals surface area contributed by atoms with Crippen LogP contribution >= 0.6 is 0 Å². The number of ether oxygens (including phenoxy) is 2. The molecule has 0 aromatic carbocycles. The molecule has 1 unspecified atom stereocenters. The van der Waals surface area contributed by atoms with E-state index in [1.165, 1.54) is 20.4 Å². The third kappa shape index (κ3) is 2.98. The van der Waals surface area contributed by atoms with Gasteiger partial charge < -0.3 is 14.8 Å². The van der Waals surface area contributed by atoms with E-state index in [4.69, 9.17) is 9.47 Å². The third-order valence-corrected chi connectivity index (χ3v) is 2.30. The topological polar surface area (TPSA) is 43.4 Å². The van der Waals surface area contributed by atoms with Crippen LogP contribution in [0.3, 0.4) is 0 Å². The van der Waals surface area contributed by atoms with Crippen molar-refractivity contribution in [3.8, 4) is 0 Å². The molecule has 0 fully saturated rings. The van der Waals surface area contributed by atoms with E-state index >= 15 is 0 Å². The van der Waals surface area contributed by atoms with Crippen LogP contribution in [0.1, 0.15) is 18.5 Å². The first-order valence-electron chi connectivity index (χ1n) is 5.13. The number of pyridine rings is 1. The highest BCUT2D eigenvalue weighted by Gasteiger charge is 2.24. The maximum atomic E-state index is 13.6. The van der Waals surface area contributed by atoms with Gasteiger partial charge in [0.25, 0.3) is 0 Å². The van der Waals surface area contributed by atoms with E-state index in [0.29, 0.717) is 12.1 Å². The summed E-state index contributed by atoms with van der Waals surface area (Å²) >= 11 is 0. The van der Waals surface area contributed by atoms with Gasteiger partial charge in [-0.05, 0) is 12.6 Å². The van der Waals surface area contributed by atoms with Gasteiger partial charge in [0, 0.05) is 26.0 Å². The molecule has 0 aliphatic heterocycles. The second kappa shape index (κ2) is 6.52. The molecule has 1 heterocycles. The second-order valence-electron chi connectivity index (χ2n) is 3.27. The lowest BCUT2D eigenvalue weighted by molar-refractivity contribution is -0.124. The van der Waals surface area contributed by atoms with Crippen LogP contribution in [0.4, 0.5) is 4.39 Å². The van der Waals surface area contributed by atoms with E-state index in [0.717, 1.165) is 0 Å². The standard InChI is InChI=1S/C11H17FN2O2/c1-4-14-10(11(15-2)16-3)8-5-6-13-7-9(8)12/h5-7,10-11,14H,4H2,1-3H3. The molecule has 1 atom stereocenters. The summed E-state index contributed by atoms with van der Waals surface area (Å²) in [6.07, 6.45) is 2.20. The maximum Gasteiger partial charge on any atom is 0.176 e. The fraction of sp³-hybridized carbons (Fsp3) is 0.545. The molecule has 1 N–H and O–H groups in total. The Labute approximate surface area is 94.8 Å². The number of likely N-dealkylation sites (N-methyl/N-ethyl adjacent to an activating group) is 1. The normalized spacial score (nSPS) is 13.1. The number of methoxy groups -OCH3 is 2. The van der Waals surface area contributed by atoms with Crippen molar-refractivity contribution in [3.63, 3.8) is 0 Å². The summed E-state index contributed by atoms with van der Waals surface area (Å²) in [6, 6.07) is 1.27. The van der Waals surface area contributed by atoms with Crippen molar-refractivity contribution < 1.29 is 13.9 Å². The summed E-state index contributed by atoms with van der Waals surface area (Å²) < 4.78 is 23.9. The van der Waals surface area contributed by atoms with Gasteiger partial charge in [0.1, 0.15) is 5.82 Å². The first-order valence-corrected chi connectivity index (χ1v) is 5.13. The molecule has 1 aromatic rings. The van der Waals surface area contributed by atoms with Gasteiger partial charge in [0.2, 0.25) is 0 Å². The zero-order valence-electron chi connectivity index (χ0n) is 9.74. The lowest BCUT2D eigenvalue weighted by Crippen LogP contribution is -2.35. The number of halogens is 1. The van der Waals surface area contributed by atoms with E-state index in [2.05, 4.69) is 10.3 Å². The van der Waals surface area contributed by atoms with Gasteiger partial charge in [-0.15, -0.1) is 0 Å². The molecule has 0 bridgehead atoms. The van der Waals surface area contributed by atoms with Crippen LogP contribution in [0.2, 0.25) is 0 Å². The fourth-order valence-corrected chi connectivity index (χ4v) is 1.58. The quantitative estimate of drug-likeness (QED) is 0.749. The average molecular weight is 228 g/mol. The molecule has 0 radical (unpaired) electrons. The number of nitrogens with zero attached hydrogens (tertiary/aromatic N) is 1. The van der Waals surface area contributed by atoms with Crippen LogP contribution < -0.4 is 5.32 Å². The van der Waals surface area contributed by atoms with Gasteiger partial charge in [-0.1, -0.05) is 6.92 Å². The minimum Gasteiger partial charge on any atom is -0.354 e. The summed E-state index contributed by atoms with van der Waals surface area (Å²) in [4.78, 5) is 3.71. The molecule has 0 aliphatic rings. The van der Waals surface area contributed by atoms with Crippen LogP contribution in [-0.2, 0) is 9.47 Å². The summed E-state index contributed by atoms with van der Waals surface area (Å²) in [5, 5.41) is 3.12. The van der Waals surface area contributed by atoms with E-state index in [-0.39, 0.29) is 11.9 Å². The van der Waals surface area contributed by atoms with E-state index < -0.39 is 6.29 Å². The van der Waals surface area contributed by atoms with Crippen LogP contribution in [0.5, 0.6) is 0 Å². The minimum absolute atomic E-state index is 0.344. The first-order chi connectivity index (χ1) is 7.74. The second-order valence-corrected chi connectivity index (χ2v) is 3.27. The third-order valence-electron chi connectivity index (χ3n) is 2.30. The average Bonchev–Trinajstić information content (AvgIpc) is 2.30. The van der Waals surface area contributed by atoms with Crippen molar-refractivity contribution in [2.75, 3.05) is 20.8 Å². The Hall–Kier alpha value is -1.04. The fourth-order valence-electron chi connectivity index (χ4n) is 1.58. The number of hydrogen-bond donors (Lipinski definition) is 1. The largest absolute Gasteiger partial charge is 0.354 e. The number of aromatic nitrogens is 1. The maximum absolute atomic E-state index is 13.6. The van der Waals surface area contributed by atoms with Gasteiger partial charge in [-0.3, -0.25) is 4.98 Å². The zero-order valence-corrected chi connectivity index (χ0v) is 9.74. The molecule has 4 nitrogen and oxygen atoms in total. The summed E-state index contributed by atoms with van der Waals surface area (Å²) in [5.74, 6) is -0.368. The van der Waals surface area contributed by atoms with Crippen molar-refractivity contribution in [2.45, 2.75) is 19.3 Å². The van der Waals surface area contributed by atoms with E-state index in [9.17, 15) is 4.39 Å². The van der Waals surface area contributed by atoms with Crippen LogP contribution in [-0.4, -0.2) is 32.0 Å². The number of hydrogen-bond acceptors (Lipinski definition) is 4. The minimum atomic E-state index is -0.531. The Morgan fingerprint density at radius 3 is 2.62 bits per heavy atom. The van der Waals surface area contributed by atoms with Crippen LogP contribution in [0.15, 0.2) is 18.5 Å². The van der Waals surface area contributed by atoms with Crippen molar-refractivity contribution in [3.05, 3.63) is 29.8 Å². The molecule has 0 saturated heterocycles. The molecule has 16 heavy (non-hydrogen) atoms. The Morgan fingerprint density at radius 1 is 1.44 bits per heavy atom. The van der Waals surface area contributed by atoms with Gasteiger partial charge in [-0.2, -0.15) is 0 Å². The molecule has 1 aromatic heterocycles. The number of rotatable bonds is 6. The van der Waals surface area contributed by atoms with Gasteiger partial charge in [-0.25, -0.2) is 4.39 Å². The Morgan fingerprint density at radius 2 is 2.12 bits per heavy atom. The lowest BCUT2D eigenvalue weighted by Gasteiger charge is -2.25. The predicted octanol–water partition coefficient (Wildman–Crippen LogP) is 1.49. The van der Waals surface area contributed by atoms with E-state index in [1.54, 1.807) is 12.3 Å². The zero-order chi connectivity index (χ0) is 12.0. The highest BCUT2D eigenvalue weighted by atomic mass is 19.1. The molecule has 5 heteroatoms. The summed E-state index contributed by atoms with van der Waals surface area (Å²) in [6.45, 7) is 2.63. The molecule has 0 spiro atoms. The van der Waals surface area contributed by atoms with Crippen molar-refractivity contribution in [1.82, 2.24) is 10.3 Å². The molecular formula is C11H17FN2O2. The number of nitrogens with one attached hydrogen (secondary N) is 1. The van der Waals surface area contributed by atoms with E-state index in [1.807, 2.05) is 6.92 Å². The van der Waals surface area contributed by atoms with Crippen LogP contribution in [0, 0.1) is 5.82 Å². The highest BCUT2D eigenvalue weighted by molar-refractivity contribution is 5.18.